The molecule has 1 atom stereocenters. The molecular weight excluding hydrogens is 214 g/mol. The summed E-state index contributed by atoms with van der Waals surface area (Å²) in [7, 11) is 2.22. The first-order valence-electron chi connectivity index (χ1n) is 6.65. The van der Waals surface area contributed by atoms with Crippen molar-refractivity contribution in [3.63, 3.8) is 0 Å². The first-order valence-corrected chi connectivity index (χ1v) is 6.65. The van der Waals surface area contributed by atoms with Crippen LogP contribution in [0.4, 0.5) is 0 Å². The van der Waals surface area contributed by atoms with E-state index in [1.165, 1.54) is 25.8 Å². The summed E-state index contributed by atoms with van der Waals surface area (Å²) in [6, 6.07) is 0.699. The molecule has 0 amide bonds. The van der Waals surface area contributed by atoms with Crippen LogP contribution in [-0.4, -0.2) is 40.9 Å². The van der Waals surface area contributed by atoms with Crippen LogP contribution < -0.4 is 4.74 Å². The van der Waals surface area contributed by atoms with Crippen molar-refractivity contribution in [2.75, 3.05) is 20.2 Å². The minimum atomic E-state index is 0.699. The molecule has 1 fully saturated rings. The molecule has 96 valence electrons. The van der Waals surface area contributed by atoms with Gasteiger partial charge in [0.25, 0.3) is 0 Å². The maximum absolute atomic E-state index is 5.73. The number of aryl methyl sites for hydroxylation is 1. The fourth-order valence-corrected chi connectivity index (χ4v) is 2.41. The molecular formula is C13H23N3O. The molecule has 4 nitrogen and oxygen atoms in total. The summed E-state index contributed by atoms with van der Waals surface area (Å²) in [5.74, 6) is 0.894. The van der Waals surface area contributed by atoms with E-state index in [9.17, 15) is 0 Å². The largest absolute Gasteiger partial charge is 0.490 e. The lowest BCUT2D eigenvalue weighted by molar-refractivity contribution is 0.153. The van der Waals surface area contributed by atoms with Gasteiger partial charge in [0.15, 0.2) is 5.75 Å². The molecule has 1 unspecified atom stereocenters. The second-order valence-electron chi connectivity index (χ2n) is 4.80. The van der Waals surface area contributed by atoms with Crippen molar-refractivity contribution >= 4 is 0 Å². The number of hydrogen-bond acceptors (Lipinski definition) is 3. The Kier molecular flexibility index (Phi) is 4.42. The summed E-state index contributed by atoms with van der Waals surface area (Å²) < 4.78 is 7.62. The second-order valence-corrected chi connectivity index (χ2v) is 4.80. The number of likely N-dealkylation sites (tertiary alicyclic amines) is 1. The number of ether oxygens (including phenoxy) is 1. The van der Waals surface area contributed by atoms with Crippen molar-refractivity contribution in [1.29, 1.82) is 0 Å². The van der Waals surface area contributed by atoms with Crippen molar-refractivity contribution < 1.29 is 4.74 Å². The normalized spacial score (nSPS) is 21.6. The van der Waals surface area contributed by atoms with E-state index in [1.807, 2.05) is 10.9 Å². The van der Waals surface area contributed by atoms with Gasteiger partial charge in [0.05, 0.1) is 19.0 Å². The van der Waals surface area contributed by atoms with E-state index < -0.39 is 0 Å². The van der Waals surface area contributed by atoms with Gasteiger partial charge < -0.3 is 9.64 Å². The minimum Gasteiger partial charge on any atom is -0.490 e. The van der Waals surface area contributed by atoms with E-state index in [1.54, 1.807) is 6.20 Å². The Morgan fingerprint density at radius 3 is 3.06 bits per heavy atom. The maximum atomic E-state index is 5.73. The van der Waals surface area contributed by atoms with Crippen molar-refractivity contribution in [1.82, 2.24) is 14.7 Å². The van der Waals surface area contributed by atoms with Gasteiger partial charge in [-0.15, -0.1) is 0 Å². The lowest BCUT2D eigenvalue weighted by Gasteiger charge is -2.32. The van der Waals surface area contributed by atoms with Crippen LogP contribution in [0.1, 0.15) is 32.6 Å². The second kappa shape index (κ2) is 6.05. The Morgan fingerprint density at radius 2 is 2.35 bits per heavy atom. The smallest absolute Gasteiger partial charge is 0.157 e. The van der Waals surface area contributed by atoms with Gasteiger partial charge in [-0.3, -0.25) is 4.68 Å². The molecule has 1 aromatic rings. The minimum absolute atomic E-state index is 0.699. The molecule has 0 N–H and O–H groups in total. The average Bonchev–Trinajstić information content (AvgIpc) is 2.80. The highest BCUT2D eigenvalue weighted by Gasteiger charge is 2.18. The third-order valence-corrected chi connectivity index (χ3v) is 3.57. The van der Waals surface area contributed by atoms with Crippen molar-refractivity contribution in [2.24, 2.45) is 0 Å². The number of nitrogens with zero attached hydrogens (tertiary/aromatic N) is 3. The third kappa shape index (κ3) is 3.46. The van der Waals surface area contributed by atoms with Crippen LogP contribution in [-0.2, 0) is 6.54 Å². The van der Waals surface area contributed by atoms with Crippen molar-refractivity contribution in [3.8, 4) is 5.75 Å². The van der Waals surface area contributed by atoms with E-state index in [0.29, 0.717) is 6.04 Å². The summed E-state index contributed by atoms with van der Waals surface area (Å²) in [6.45, 7) is 5.01. The standard InChI is InChI=1S/C13H23N3O/c1-3-16-11-13(10-14-16)17-9-7-12-6-4-5-8-15(12)2/h10-12H,3-9H2,1-2H3. The molecule has 1 aliphatic heterocycles. The number of rotatable bonds is 5. The molecule has 0 aromatic carbocycles. The van der Waals surface area contributed by atoms with Gasteiger partial charge in [0.2, 0.25) is 0 Å². The van der Waals surface area contributed by atoms with Crippen LogP contribution in [0.25, 0.3) is 0 Å². The van der Waals surface area contributed by atoms with E-state index in [-0.39, 0.29) is 0 Å². The maximum Gasteiger partial charge on any atom is 0.157 e. The molecule has 17 heavy (non-hydrogen) atoms. The first-order chi connectivity index (χ1) is 8.29. The zero-order chi connectivity index (χ0) is 12.1. The SMILES string of the molecule is CCn1cc(OCCC2CCCCN2C)cn1. The Morgan fingerprint density at radius 1 is 1.47 bits per heavy atom. The molecule has 1 aliphatic rings. The van der Waals surface area contributed by atoms with Crippen LogP contribution in [0.5, 0.6) is 5.75 Å². The zero-order valence-electron chi connectivity index (χ0n) is 10.9. The summed E-state index contributed by atoms with van der Waals surface area (Å²) >= 11 is 0. The average molecular weight is 237 g/mol. The van der Waals surface area contributed by atoms with E-state index >= 15 is 0 Å². The predicted molar refractivity (Wildman–Crippen MR) is 68.3 cm³/mol. The summed E-state index contributed by atoms with van der Waals surface area (Å²) in [4.78, 5) is 2.46. The summed E-state index contributed by atoms with van der Waals surface area (Å²) in [5.41, 5.74) is 0. The Labute approximate surface area is 104 Å². The van der Waals surface area contributed by atoms with Gasteiger partial charge in [-0.05, 0) is 39.8 Å². The van der Waals surface area contributed by atoms with Crippen LogP contribution in [0.15, 0.2) is 12.4 Å². The molecule has 2 rings (SSSR count). The topological polar surface area (TPSA) is 30.3 Å². The third-order valence-electron chi connectivity index (χ3n) is 3.57. The Hall–Kier alpha value is -1.03. The number of piperidine rings is 1. The zero-order valence-corrected chi connectivity index (χ0v) is 10.9. The van der Waals surface area contributed by atoms with Crippen LogP contribution >= 0.6 is 0 Å². The Balaban J connectivity index is 1.71. The lowest BCUT2D eigenvalue weighted by atomic mass is 10.0. The summed E-state index contributed by atoms with van der Waals surface area (Å²) in [6.07, 6.45) is 8.90. The van der Waals surface area contributed by atoms with Crippen molar-refractivity contribution in [2.45, 2.75) is 45.2 Å². The fourth-order valence-electron chi connectivity index (χ4n) is 2.41. The van der Waals surface area contributed by atoms with E-state index in [2.05, 4.69) is 24.0 Å². The van der Waals surface area contributed by atoms with E-state index in [0.717, 1.165) is 25.3 Å². The highest BCUT2D eigenvalue weighted by Crippen LogP contribution is 2.18. The molecule has 0 radical (unpaired) electrons. The first kappa shape index (κ1) is 12.4. The van der Waals surface area contributed by atoms with Gasteiger partial charge in [-0.1, -0.05) is 6.42 Å². The van der Waals surface area contributed by atoms with E-state index in [4.69, 9.17) is 4.74 Å². The van der Waals surface area contributed by atoms with Gasteiger partial charge in [0, 0.05) is 12.6 Å². The fraction of sp³-hybridized carbons (Fsp3) is 0.769. The molecule has 2 heterocycles. The highest BCUT2D eigenvalue weighted by molar-refractivity contribution is 5.11. The van der Waals surface area contributed by atoms with Gasteiger partial charge in [-0.2, -0.15) is 5.10 Å². The quantitative estimate of drug-likeness (QED) is 0.786. The lowest BCUT2D eigenvalue weighted by Crippen LogP contribution is -2.37. The van der Waals surface area contributed by atoms with Gasteiger partial charge >= 0.3 is 0 Å². The van der Waals surface area contributed by atoms with Crippen molar-refractivity contribution in [3.05, 3.63) is 12.4 Å². The van der Waals surface area contributed by atoms with Crippen LogP contribution in [0.3, 0.4) is 0 Å². The molecule has 4 heteroatoms. The highest BCUT2D eigenvalue weighted by atomic mass is 16.5. The molecule has 0 spiro atoms. The number of aromatic nitrogens is 2. The number of hydrogen-bond donors (Lipinski definition) is 0. The molecule has 0 aliphatic carbocycles. The van der Waals surface area contributed by atoms with Crippen LogP contribution in [0, 0.1) is 0 Å². The monoisotopic (exact) mass is 237 g/mol. The molecule has 0 saturated carbocycles. The Bertz CT molecular complexity index is 337. The van der Waals surface area contributed by atoms with Crippen LogP contribution in [0.2, 0.25) is 0 Å². The van der Waals surface area contributed by atoms with Gasteiger partial charge in [0.1, 0.15) is 0 Å². The predicted octanol–water partition coefficient (Wildman–Crippen LogP) is 2.16. The molecule has 1 saturated heterocycles. The molecule has 1 aromatic heterocycles. The van der Waals surface area contributed by atoms with Gasteiger partial charge in [-0.25, -0.2) is 0 Å². The molecule has 0 bridgehead atoms. The summed E-state index contributed by atoms with van der Waals surface area (Å²) in [5, 5.41) is 4.20.